The van der Waals surface area contributed by atoms with Crippen molar-refractivity contribution < 1.29 is 18.7 Å². The molecule has 0 bridgehead atoms. The Morgan fingerprint density at radius 3 is 3.04 bits per heavy atom. The van der Waals surface area contributed by atoms with Crippen LogP contribution in [0.5, 0.6) is 0 Å². The van der Waals surface area contributed by atoms with Crippen molar-refractivity contribution in [3.63, 3.8) is 0 Å². The van der Waals surface area contributed by atoms with Crippen LogP contribution in [0.25, 0.3) is 11.0 Å². The van der Waals surface area contributed by atoms with E-state index in [4.69, 9.17) is 25.5 Å². The minimum absolute atomic E-state index is 0.0248. The van der Waals surface area contributed by atoms with Crippen molar-refractivity contribution in [2.45, 2.75) is 31.5 Å². The summed E-state index contributed by atoms with van der Waals surface area (Å²) in [4.78, 5) is 14.8. The number of hydrogen-bond donors (Lipinski definition) is 0. The van der Waals surface area contributed by atoms with Crippen LogP contribution in [0.1, 0.15) is 30.3 Å². The maximum Gasteiger partial charge on any atom is 0.289 e. The SMILES string of the molecule is C[C@@H]1CN(C(=O)c2cc3cc(Cl)ccc3o2)C[C@]2(CCCOC2)O1. The van der Waals surface area contributed by atoms with E-state index in [2.05, 4.69) is 0 Å². The number of carbonyl (C=O) groups excluding carboxylic acids is 1. The largest absolute Gasteiger partial charge is 0.451 e. The predicted octanol–water partition coefficient (Wildman–Crippen LogP) is 3.50. The Bertz CT molecular complexity index is 765. The van der Waals surface area contributed by atoms with Crippen molar-refractivity contribution in [1.29, 1.82) is 0 Å². The van der Waals surface area contributed by atoms with Gasteiger partial charge >= 0.3 is 0 Å². The van der Waals surface area contributed by atoms with Crippen molar-refractivity contribution in [3.8, 4) is 0 Å². The first-order chi connectivity index (χ1) is 11.5. The summed E-state index contributed by atoms with van der Waals surface area (Å²) in [5.74, 6) is 0.232. The van der Waals surface area contributed by atoms with Gasteiger partial charge in [0.1, 0.15) is 11.2 Å². The molecular weight excluding hydrogens is 330 g/mol. The van der Waals surface area contributed by atoms with Gasteiger partial charge in [-0.3, -0.25) is 4.79 Å². The maximum atomic E-state index is 12.9. The van der Waals surface area contributed by atoms with Crippen molar-refractivity contribution >= 4 is 28.5 Å². The number of morpholine rings is 1. The monoisotopic (exact) mass is 349 g/mol. The van der Waals surface area contributed by atoms with Crippen LogP contribution in [0.2, 0.25) is 5.02 Å². The van der Waals surface area contributed by atoms with Gasteiger partial charge in [-0.1, -0.05) is 11.6 Å². The number of halogens is 1. The number of carbonyl (C=O) groups is 1. The van der Waals surface area contributed by atoms with E-state index in [0.29, 0.717) is 36.1 Å². The Morgan fingerprint density at radius 1 is 1.38 bits per heavy atom. The number of ether oxygens (including phenoxy) is 2. The van der Waals surface area contributed by atoms with Gasteiger partial charge in [0.2, 0.25) is 0 Å². The van der Waals surface area contributed by atoms with Gasteiger partial charge in [-0.25, -0.2) is 0 Å². The molecule has 2 saturated heterocycles. The van der Waals surface area contributed by atoms with Crippen molar-refractivity contribution in [2.75, 3.05) is 26.3 Å². The van der Waals surface area contributed by atoms with E-state index in [-0.39, 0.29) is 17.6 Å². The van der Waals surface area contributed by atoms with E-state index in [1.165, 1.54) is 0 Å². The molecule has 2 aliphatic heterocycles. The second-order valence-corrected chi connectivity index (χ2v) is 7.18. The minimum atomic E-state index is -0.388. The van der Waals surface area contributed by atoms with E-state index >= 15 is 0 Å². The fraction of sp³-hybridized carbons (Fsp3) is 0.500. The van der Waals surface area contributed by atoms with Crippen LogP contribution >= 0.6 is 11.6 Å². The Morgan fingerprint density at radius 2 is 2.25 bits per heavy atom. The lowest BCUT2D eigenvalue weighted by Crippen LogP contribution is -2.59. The summed E-state index contributed by atoms with van der Waals surface area (Å²) in [5.41, 5.74) is 0.278. The van der Waals surface area contributed by atoms with Gasteiger partial charge in [0.25, 0.3) is 5.91 Å². The third-order valence-corrected chi connectivity index (χ3v) is 4.91. The molecule has 4 rings (SSSR count). The van der Waals surface area contributed by atoms with Crippen molar-refractivity contribution in [1.82, 2.24) is 4.90 Å². The Kier molecular flexibility index (Phi) is 4.03. The zero-order chi connectivity index (χ0) is 16.7. The van der Waals surface area contributed by atoms with Crippen molar-refractivity contribution in [2.24, 2.45) is 0 Å². The van der Waals surface area contributed by atoms with Gasteiger partial charge in [0, 0.05) is 23.6 Å². The van der Waals surface area contributed by atoms with Crippen LogP contribution in [0.4, 0.5) is 0 Å². The normalized spacial score (nSPS) is 27.8. The lowest BCUT2D eigenvalue weighted by Gasteiger charge is -2.46. The third-order valence-electron chi connectivity index (χ3n) is 4.67. The number of fused-ring (bicyclic) bond motifs is 1. The molecule has 6 heteroatoms. The molecular formula is C18H20ClNO4. The van der Waals surface area contributed by atoms with Gasteiger partial charge in [-0.05, 0) is 44.0 Å². The Labute approximate surface area is 145 Å². The molecule has 1 amide bonds. The highest BCUT2D eigenvalue weighted by Crippen LogP contribution is 2.31. The molecule has 0 saturated carbocycles. The summed E-state index contributed by atoms with van der Waals surface area (Å²) in [6, 6.07) is 7.10. The highest BCUT2D eigenvalue weighted by molar-refractivity contribution is 6.31. The number of amides is 1. The van der Waals surface area contributed by atoms with E-state index in [9.17, 15) is 4.79 Å². The number of nitrogens with zero attached hydrogens (tertiary/aromatic N) is 1. The summed E-state index contributed by atoms with van der Waals surface area (Å²) < 4.78 is 17.5. The van der Waals surface area contributed by atoms with E-state index in [1.54, 1.807) is 24.3 Å². The molecule has 1 spiro atoms. The number of furan rings is 1. The fourth-order valence-corrected chi connectivity index (χ4v) is 3.88. The summed E-state index contributed by atoms with van der Waals surface area (Å²) in [7, 11) is 0. The average Bonchev–Trinajstić information content (AvgIpc) is 2.97. The Hall–Kier alpha value is -1.56. The zero-order valence-electron chi connectivity index (χ0n) is 13.6. The molecule has 0 aliphatic carbocycles. The van der Waals surface area contributed by atoms with Gasteiger partial charge in [-0.15, -0.1) is 0 Å². The number of rotatable bonds is 1. The molecule has 1 aromatic carbocycles. The van der Waals surface area contributed by atoms with Crippen LogP contribution in [0.15, 0.2) is 28.7 Å². The molecule has 2 atom stereocenters. The number of benzene rings is 1. The second-order valence-electron chi connectivity index (χ2n) is 6.75. The summed E-state index contributed by atoms with van der Waals surface area (Å²) in [5, 5.41) is 1.46. The first-order valence-corrected chi connectivity index (χ1v) is 8.66. The first-order valence-electron chi connectivity index (χ1n) is 8.29. The molecule has 3 heterocycles. The fourth-order valence-electron chi connectivity index (χ4n) is 3.70. The molecule has 2 aromatic rings. The lowest BCUT2D eigenvalue weighted by atomic mass is 9.93. The molecule has 2 aliphatic rings. The smallest absolute Gasteiger partial charge is 0.289 e. The predicted molar refractivity (Wildman–Crippen MR) is 90.5 cm³/mol. The highest BCUT2D eigenvalue weighted by atomic mass is 35.5. The Balaban J connectivity index is 1.59. The molecule has 5 nitrogen and oxygen atoms in total. The third kappa shape index (κ3) is 2.92. The van der Waals surface area contributed by atoms with Crippen LogP contribution in [-0.2, 0) is 9.47 Å². The standard InChI is InChI=1S/C18H20ClNO4/c1-12-9-20(10-18(24-12)5-2-6-22-11-18)17(21)16-8-13-7-14(19)3-4-15(13)23-16/h3-4,7-8,12H,2,5-6,9-11H2,1H3/t12-,18+/m1/s1. The first kappa shape index (κ1) is 15.9. The summed E-state index contributed by atoms with van der Waals surface area (Å²) in [6.07, 6.45) is 1.84. The van der Waals surface area contributed by atoms with E-state index < -0.39 is 0 Å². The van der Waals surface area contributed by atoms with Gasteiger partial charge < -0.3 is 18.8 Å². The second kappa shape index (κ2) is 6.06. The van der Waals surface area contributed by atoms with E-state index in [0.717, 1.165) is 24.8 Å². The maximum absolute atomic E-state index is 12.9. The minimum Gasteiger partial charge on any atom is -0.451 e. The van der Waals surface area contributed by atoms with Crippen LogP contribution in [0, 0.1) is 0 Å². The van der Waals surface area contributed by atoms with E-state index in [1.807, 2.05) is 11.8 Å². The molecule has 24 heavy (non-hydrogen) atoms. The zero-order valence-corrected chi connectivity index (χ0v) is 14.3. The summed E-state index contributed by atoms with van der Waals surface area (Å²) >= 11 is 6.01. The van der Waals surface area contributed by atoms with Crippen LogP contribution in [-0.4, -0.2) is 48.8 Å². The highest BCUT2D eigenvalue weighted by Gasteiger charge is 2.43. The average molecular weight is 350 g/mol. The van der Waals surface area contributed by atoms with Crippen LogP contribution in [0.3, 0.4) is 0 Å². The van der Waals surface area contributed by atoms with Gasteiger partial charge in [0.15, 0.2) is 5.76 Å². The molecule has 128 valence electrons. The van der Waals surface area contributed by atoms with Crippen LogP contribution < -0.4 is 0 Å². The molecule has 2 fully saturated rings. The summed E-state index contributed by atoms with van der Waals surface area (Å²) in [6.45, 7) is 4.38. The molecule has 0 N–H and O–H groups in total. The quantitative estimate of drug-likeness (QED) is 0.790. The molecule has 0 unspecified atom stereocenters. The van der Waals surface area contributed by atoms with Gasteiger partial charge in [0.05, 0.1) is 19.3 Å². The lowest BCUT2D eigenvalue weighted by molar-refractivity contribution is -0.188. The topological polar surface area (TPSA) is 51.9 Å². The number of hydrogen-bond acceptors (Lipinski definition) is 4. The van der Waals surface area contributed by atoms with Crippen molar-refractivity contribution in [3.05, 3.63) is 35.0 Å². The molecule has 1 aromatic heterocycles. The van der Waals surface area contributed by atoms with Gasteiger partial charge in [-0.2, -0.15) is 0 Å². The molecule has 0 radical (unpaired) electrons.